The molecule has 0 spiro atoms. The van der Waals surface area contributed by atoms with Crippen molar-refractivity contribution in [2.75, 3.05) is 20.6 Å². The quantitative estimate of drug-likeness (QED) is 0.899. The summed E-state index contributed by atoms with van der Waals surface area (Å²) in [6.45, 7) is 2.95. The van der Waals surface area contributed by atoms with Crippen LogP contribution < -0.4 is 5.56 Å². The van der Waals surface area contributed by atoms with Gasteiger partial charge in [-0.2, -0.15) is 0 Å². The van der Waals surface area contributed by atoms with Crippen molar-refractivity contribution < 1.29 is 4.79 Å². The van der Waals surface area contributed by atoms with E-state index in [1.54, 1.807) is 6.07 Å². The molecule has 0 bridgehead atoms. The summed E-state index contributed by atoms with van der Waals surface area (Å²) in [4.78, 5) is 36.1. The average molecular weight is 342 g/mol. The van der Waals surface area contributed by atoms with Crippen LogP contribution in [0.4, 0.5) is 0 Å². The zero-order chi connectivity index (χ0) is 18.0. The number of aromatic nitrogens is 2. The van der Waals surface area contributed by atoms with Gasteiger partial charge in [0, 0.05) is 31.5 Å². The van der Waals surface area contributed by atoms with E-state index in [2.05, 4.69) is 35.9 Å². The van der Waals surface area contributed by atoms with E-state index in [-0.39, 0.29) is 17.5 Å². The van der Waals surface area contributed by atoms with Crippen LogP contribution in [-0.4, -0.2) is 58.4 Å². The molecule has 0 saturated carbocycles. The molecule has 1 N–H and O–H groups in total. The normalized spacial score (nSPS) is 20.6. The van der Waals surface area contributed by atoms with Gasteiger partial charge in [-0.25, -0.2) is 4.98 Å². The molecule has 2 atom stereocenters. The number of nitrogens with one attached hydrogen (secondary N) is 1. The van der Waals surface area contributed by atoms with Crippen LogP contribution >= 0.6 is 0 Å². The number of benzene rings is 1. The van der Waals surface area contributed by atoms with Gasteiger partial charge in [0.2, 0.25) is 5.91 Å². The van der Waals surface area contributed by atoms with Gasteiger partial charge >= 0.3 is 0 Å². The molecule has 1 saturated heterocycles. The van der Waals surface area contributed by atoms with Crippen LogP contribution in [0, 0.1) is 0 Å². The van der Waals surface area contributed by atoms with E-state index in [1.807, 2.05) is 23.1 Å². The highest BCUT2D eigenvalue weighted by atomic mass is 16.2. The number of amides is 1. The van der Waals surface area contributed by atoms with E-state index in [0.717, 1.165) is 13.0 Å². The van der Waals surface area contributed by atoms with Gasteiger partial charge in [0.25, 0.3) is 5.56 Å². The lowest BCUT2D eigenvalue weighted by atomic mass is 10.1. The highest BCUT2D eigenvalue weighted by Gasteiger charge is 2.34. The summed E-state index contributed by atoms with van der Waals surface area (Å²) < 4.78 is 0. The third-order valence-electron chi connectivity index (χ3n) is 5.16. The minimum Gasteiger partial charge on any atom is -0.338 e. The van der Waals surface area contributed by atoms with Crippen molar-refractivity contribution in [3.63, 3.8) is 0 Å². The highest BCUT2D eigenvalue weighted by Crippen LogP contribution is 2.22. The van der Waals surface area contributed by atoms with E-state index < -0.39 is 0 Å². The number of hydrogen-bond donors (Lipinski definition) is 1. The standard InChI is InChI=1S/C19H26N4O2/c1-13-16(22(2)3)11-12-23(13)18(24)10-6-9-17-20-15-8-5-4-7-14(15)19(25)21-17/h4-5,7-8,13,16H,6,9-12H2,1-3H3,(H,20,21,25)/t13-,16+/m1/s1. The van der Waals surface area contributed by atoms with Crippen molar-refractivity contribution in [2.24, 2.45) is 0 Å². The summed E-state index contributed by atoms with van der Waals surface area (Å²) in [5, 5.41) is 0.600. The Morgan fingerprint density at radius 1 is 1.36 bits per heavy atom. The second kappa shape index (κ2) is 7.35. The van der Waals surface area contributed by atoms with Crippen LogP contribution in [-0.2, 0) is 11.2 Å². The molecule has 1 amide bonds. The van der Waals surface area contributed by atoms with E-state index >= 15 is 0 Å². The van der Waals surface area contributed by atoms with Crippen molar-refractivity contribution in [3.05, 3.63) is 40.4 Å². The number of fused-ring (bicyclic) bond motifs is 1. The fraction of sp³-hybridized carbons (Fsp3) is 0.526. The summed E-state index contributed by atoms with van der Waals surface area (Å²) in [6, 6.07) is 7.99. The number of likely N-dealkylation sites (tertiary alicyclic amines) is 1. The maximum Gasteiger partial charge on any atom is 0.258 e. The number of H-pyrrole nitrogens is 1. The third kappa shape index (κ3) is 3.74. The lowest BCUT2D eigenvalue weighted by Crippen LogP contribution is -2.42. The van der Waals surface area contributed by atoms with Gasteiger partial charge in [-0.15, -0.1) is 0 Å². The molecule has 6 heteroatoms. The molecule has 2 heterocycles. The minimum absolute atomic E-state index is 0.117. The number of carbonyl (C=O) groups excluding carboxylic acids is 1. The lowest BCUT2D eigenvalue weighted by Gasteiger charge is -2.28. The second-order valence-electron chi connectivity index (χ2n) is 7.03. The van der Waals surface area contributed by atoms with Gasteiger partial charge in [0.1, 0.15) is 5.82 Å². The predicted octanol–water partition coefficient (Wildman–Crippen LogP) is 1.80. The highest BCUT2D eigenvalue weighted by molar-refractivity contribution is 5.77. The van der Waals surface area contributed by atoms with Crippen molar-refractivity contribution in [1.82, 2.24) is 19.8 Å². The monoisotopic (exact) mass is 342 g/mol. The summed E-state index contributed by atoms with van der Waals surface area (Å²) in [6.07, 6.45) is 2.81. The predicted molar refractivity (Wildman–Crippen MR) is 98.6 cm³/mol. The smallest absolute Gasteiger partial charge is 0.258 e. The topological polar surface area (TPSA) is 69.3 Å². The fourth-order valence-corrected chi connectivity index (χ4v) is 3.77. The van der Waals surface area contributed by atoms with E-state index in [1.165, 1.54) is 0 Å². The van der Waals surface area contributed by atoms with Crippen LogP contribution in [0.5, 0.6) is 0 Å². The zero-order valence-electron chi connectivity index (χ0n) is 15.2. The molecule has 3 rings (SSSR count). The van der Waals surface area contributed by atoms with Gasteiger partial charge in [-0.3, -0.25) is 9.59 Å². The molecule has 1 aromatic carbocycles. The Labute approximate surface area is 147 Å². The van der Waals surface area contributed by atoms with E-state index in [0.29, 0.717) is 42.0 Å². The molecular formula is C19H26N4O2. The van der Waals surface area contributed by atoms with Gasteiger partial charge in [-0.1, -0.05) is 12.1 Å². The lowest BCUT2D eigenvalue weighted by molar-refractivity contribution is -0.132. The Hall–Kier alpha value is -2.21. The SMILES string of the molecule is C[C@@H]1[C@@H](N(C)C)CCN1C(=O)CCCc1nc2ccccc2c(=O)[nH]1. The maximum atomic E-state index is 12.5. The summed E-state index contributed by atoms with van der Waals surface area (Å²) in [5.41, 5.74) is 0.587. The largest absolute Gasteiger partial charge is 0.338 e. The van der Waals surface area contributed by atoms with Crippen molar-refractivity contribution in [2.45, 2.75) is 44.7 Å². The molecule has 1 fully saturated rings. The Morgan fingerprint density at radius 2 is 2.12 bits per heavy atom. The van der Waals surface area contributed by atoms with E-state index in [9.17, 15) is 9.59 Å². The third-order valence-corrected chi connectivity index (χ3v) is 5.16. The molecule has 134 valence electrons. The summed E-state index contributed by atoms with van der Waals surface area (Å²) >= 11 is 0. The fourth-order valence-electron chi connectivity index (χ4n) is 3.77. The number of para-hydroxylation sites is 1. The van der Waals surface area contributed by atoms with Gasteiger partial charge in [0.15, 0.2) is 0 Å². The minimum atomic E-state index is -0.117. The Balaban J connectivity index is 1.58. The number of likely N-dealkylation sites (N-methyl/N-ethyl adjacent to an activating group) is 1. The number of hydrogen-bond acceptors (Lipinski definition) is 4. The molecule has 6 nitrogen and oxygen atoms in total. The first-order valence-corrected chi connectivity index (χ1v) is 8.91. The van der Waals surface area contributed by atoms with Gasteiger partial charge in [0.05, 0.1) is 10.9 Å². The van der Waals surface area contributed by atoms with Crippen LogP contribution in [0.25, 0.3) is 10.9 Å². The molecule has 0 aliphatic carbocycles. The van der Waals surface area contributed by atoms with Crippen molar-refractivity contribution in [3.8, 4) is 0 Å². The average Bonchev–Trinajstić information content (AvgIpc) is 2.97. The molecule has 2 aromatic rings. The second-order valence-corrected chi connectivity index (χ2v) is 7.03. The first-order valence-electron chi connectivity index (χ1n) is 8.91. The van der Waals surface area contributed by atoms with Crippen LogP contribution in [0.3, 0.4) is 0 Å². The maximum absolute atomic E-state index is 12.5. The molecule has 25 heavy (non-hydrogen) atoms. The first-order chi connectivity index (χ1) is 12.0. The molecule has 1 aliphatic heterocycles. The zero-order valence-corrected chi connectivity index (χ0v) is 15.2. The number of aromatic amines is 1. The van der Waals surface area contributed by atoms with Gasteiger partial charge < -0.3 is 14.8 Å². The van der Waals surface area contributed by atoms with Crippen LogP contribution in [0.15, 0.2) is 29.1 Å². The Morgan fingerprint density at radius 3 is 2.84 bits per heavy atom. The van der Waals surface area contributed by atoms with E-state index in [4.69, 9.17) is 0 Å². The number of aryl methyl sites for hydroxylation is 1. The molecule has 0 radical (unpaired) electrons. The summed E-state index contributed by atoms with van der Waals surface area (Å²) in [5.74, 6) is 0.845. The molecule has 1 aliphatic rings. The van der Waals surface area contributed by atoms with Crippen LogP contribution in [0.1, 0.15) is 32.0 Å². The Kier molecular flexibility index (Phi) is 5.18. The number of rotatable bonds is 5. The number of nitrogens with zero attached hydrogens (tertiary/aromatic N) is 3. The van der Waals surface area contributed by atoms with Crippen molar-refractivity contribution in [1.29, 1.82) is 0 Å². The first kappa shape index (κ1) is 17.6. The van der Waals surface area contributed by atoms with Crippen LogP contribution in [0.2, 0.25) is 0 Å². The summed E-state index contributed by atoms with van der Waals surface area (Å²) in [7, 11) is 4.13. The number of carbonyl (C=O) groups is 1. The van der Waals surface area contributed by atoms with Gasteiger partial charge in [-0.05, 0) is 46.0 Å². The Bertz CT molecular complexity index is 814. The molecule has 1 aromatic heterocycles. The van der Waals surface area contributed by atoms with Crippen molar-refractivity contribution >= 4 is 16.8 Å². The molecular weight excluding hydrogens is 316 g/mol. The molecule has 0 unspecified atom stereocenters.